The number of rotatable bonds is 2. The minimum absolute atomic E-state index is 0.0269. The molecule has 0 bridgehead atoms. The van der Waals surface area contributed by atoms with Crippen LogP contribution in [-0.4, -0.2) is 45.1 Å². The van der Waals surface area contributed by atoms with E-state index in [9.17, 15) is 14.0 Å². The van der Waals surface area contributed by atoms with Gasteiger partial charge in [-0.3, -0.25) is 9.59 Å². The third-order valence-electron chi connectivity index (χ3n) is 4.63. The van der Waals surface area contributed by atoms with Crippen LogP contribution in [0.4, 0.5) is 4.39 Å². The van der Waals surface area contributed by atoms with Crippen LogP contribution in [0.25, 0.3) is 16.7 Å². The molecule has 3 aromatic rings. The predicted octanol–water partition coefficient (Wildman–Crippen LogP) is 1.49. The number of halogens is 1. The molecule has 0 aliphatic carbocycles. The highest BCUT2D eigenvalue weighted by atomic mass is 19.1. The number of carbonyl (C=O) groups excluding carboxylic acids is 2. The van der Waals surface area contributed by atoms with E-state index in [2.05, 4.69) is 21.9 Å². The van der Waals surface area contributed by atoms with Crippen LogP contribution in [0.1, 0.15) is 22.5 Å². The van der Waals surface area contributed by atoms with Crippen molar-refractivity contribution in [1.82, 2.24) is 19.7 Å². The zero-order valence-electron chi connectivity index (χ0n) is 15.0. The maximum absolute atomic E-state index is 13.6. The van der Waals surface area contributed by atoms with Gasteiger partial charge in [0, 0.05) is 19.2 Å². The second-order valence-corrected chi connectivity index (χ2v) is 6.57. The first-order valence-corrected chi connectivity index (χ1v) is 8.65. The molecule has 0 spiro atoms. The molecule has 140 valence electrons. The lowest BCUT2D eigenvalue weighted by atomic mass is 10.1. The van der Waals surface area contributed by atoms with Gasteiger partial charge in [0.15, 0.2) is 11.3 Å². The summed E-state index contributed by atoms with van der Waals surface area (Å²) in [7, 11) is 1.76. The van der Waals surface area contributed by atoms with Gasteiger partial charge in [0.2, 0.25) is 5.91 Å². The number of pyridine rings is 1. The summed E-state index contributed by atoms with van der Waals surface area (Å²) in [5, 5.41) is 4.44. The topological polar surface area (TPSA) is 94.1 Å². The Kier molecular flexibility index (Phi) is 4.28. The zero-order chi connectivity index (χ0) is 19.8. The van der Waals surface area contributed by atoms with Crippen LogP contribution in [0.2, 0.25) is 0 Å². The third kappa shape index (κ3) is 3.07. The Bertz CT molecular complexity index is 1170. The van der Waals surface area contributed by atoms with Crippen LogP contribution < -0.4 is 5.73 Å². The molecule has 7 nitrogen and oxygen atoms in total. The number of likely N-dealkylation sites (tertiary alicyclic amines) is 1. The molecule has 1 saturated heterocycles. The number of aromatic nitrogens is 3. The van der Waals surface area contributed by atoms with Gasteiger partial charge in [-0.25, -0.2) is 14.1 Å². The summed E-state index contributed by atoms with van der Waals surface area (Å²) in [5.41, 5.74) is 6.91. The number of amides is 2. The van der Waals surface area contributed by atoms with E-state index in [1.54, 1.807) is 30.1 Å². The van der Waals surface area contributed by atoms with Crippen molar-refractivity contribution in [1.29, 1.82) is 0 Å². The number of hydrogen-bond acceptors (Lipinski definition) is 4. The lowest BCUT2D eigenvalue weighted by Crippen LogP contribution is -2.21. The molecule has 2 N–H and O–H groups in total. The van der Waals surface area contributed by atoms with Crippen molar-refractivity contribution in [2.75, 3.05) is 13.6 Å². The van der Waals surface area contributed by atoms with E-state index in [4.69, 9.17) is 5.73 Å². The van der Waals surface area contributed by atoms with E-state index < -0.39 is 11.7 Å². The summed E-state index contributed by atoms with van der Waals surface area (Å²) in [6.07, 6.45) is 1.76. The zero-order valence-corrected chi connectivity index (χ0v) is 15.0. The minimum atomic E-state index is -0.768. The SMILES string of the molecule is CN1CCC(C#Cc2cccc(-n3nc(C(N)=O)c4cc(F)cnc43)c2)C1=O. The van der Waals surface area contributed by atoms with Crippen molar-refractivity contribution in [3.05, 3.63) is 53.6 Å². The fraction of sp³-hybridized carbons (Fsp3) is 0.200. The third-order valence-corrected chi connectivity index (χ3v) is 4.63. The van der Waals surface area contributed by atoms with Gasteiger partial charge in [-0.15, -0.1) is 0 Å². The first-order valence-electron chi connectivity index (χ1n) is 8.65. The molecule has 28 heavy (non-hydrogen) atoms. The molecule has 3 heterocycles. The standard InChI is InChI=1S/C20H16FN5O2/c1-25-8-7-13(20(25)28)6-5-12-3-2-4-15(9-12)26-19-16(10-14(21)11-23-19)17(24-26)18(22)27/h2-4,9-11,13H,7-8H2,1H3,(H2,22,27). The van der Waals surface area contributed by atoms with E-state index in [0.29, 0.717) is 29.9 Å². The summed E-state index contributed by atoms with van der Waals surface area (Å²) in [5.74, 6) is 4.41. The van der Waals surface area contributed by atoms with E-state index >= 15 is 0 Å². The average Bonchev–Trinajstić information content (AvgIpc) is 3.21. The second-order valence-electron chi connectivity index (χ2n) is 6.57. The Hall–Kier alpha value is -3.73. The molecule has 1 aliphatic rings. The number of carbonyl (C=O) groups is 2. The van der Waals surface area contributed by atoms with Gasteiger partial charge >= 0.3 is 0 Å². The van der Waals surface area contributed by atoms with Crippen LogP contribution in [0.5, 0.6) is 0 Å². The maximum atomic E-state index is 13.6. The Morgan fingerprint density at radius 2 is 2.18 bits per heavy atom. The fourth-order valence-corrected chi connectivity index (χ4v) is 3.18. The van der Waals surface area contributed by atoms with Gasteiger partial charge in [-0.2, -0.15) is 5.10 Å². The normalized spacial score (nSPS) is 16.3. The van der Waals surface area contributed by atoms with E-state index in [0.717, 1.165) is 6.20 Å². The molecule has 1 aromatic carbocycles. The van der Waals surface area contributed by atoms with Crippen LogP contribution in [0.15, 0.2) is 36.5 Å². The van der Waals surface area contributed by atoms with Crippen LogP contribution in [0.3, 0.4) is 0 Å². The average molecular weight is 377 g/mol. The fourth-order valence-electron chi connectivity index (χ4n) is 3.18. The number of hydrogen-bond donors (Lipinski definition) is 1. The quantitative estimate of drug-likeness (QED) is 0.685. The molecule has 1 atom stereocenters. The van der Waals surface area contributed by atoms with Crippen LogP contribution in [-0.2, 0) is 4.79 Å². The van der Waals surface area contributed by atoms with Crippen molar-refractivity contribution in [3.8, 4) is 17.5 Å². The molecule has 1 unspecified atom stereocenters. The summed E-state index contributed by atoms with van der Waals surface area (Å²) in [6.45, 7) is 0.704. The summed E-state index contributed by atoms with van der Waals surface area (Å²) >= 11 is 0. The number of nitrogens with two attached hydrogens (primary N) is 1. The number of benzene rings is 1. The highest BCUT2D eigenvalue weighted by Crippen LogP contribution is 2.22. The lowest BCUT2D eigenvalue weighted by Gasteiger charge is -2.05. The Morgan fingerprint density at radius 1 is 1.36 bits per heavy atom. The van der Waals surface area contributed by atoms with Crippen LogP contribution in [0, 0.1) is 23.6 Å². The van der Waals surface area contributed by atoms with E-state index in [1.807, 2.05) is 6.07 Å². The molecule has 2 amide bonds. The van der Waals surface area contributed by atoms with Gasteiger partial charge in [0.1, 0.15) is 11.7 Å². The Balaban J connectivity index is 1.75. The molecule has 0 saturated carbocycles. The van der Waals surface area contributed by atoms with E-state index in [1.165, 1.54) is 10.7 Å². The van der Waals surface area contributed by atoms with E-state index in [-0.39, 0.29) is 22.9 Å². The first-order chi connectivity index (χ1) is 13.4. The number of nitrogens with zero attached hydrogens (tertiary/aromatic N) is 4. The van der Waals surface area contributed by atoms with Gasteiger partial charge in [-0.05, 0) is 30.7 Å². The highest BCUT2D eigenvalue weighted by molar-refractivity contribution is 6.03. The molecular weight excluding hydrogens is 361 g/mol. The first kappa shape index (κ1) is 17.7. The van der Waals surface area contributed by atoms with Gasteiger partial charge in [0.05, 0.1) is 17.3 Å². The van der Waals surface area contributed by atoms with Gasteiger partial charge in [-0.1, -0.05) is 17.9 Å². The van der Waals surface area contributed by atoms with Gasteiger partial charge < -0.3 is 10.6 Å². The van der Waals surface area contributed by atoms with Gasteiger partial charge in [0.25, 0.3) is 5.91 Å². The molecule has 2 aromatic heterocycles. The molecule has 0 radical (unpaired) electrons. The van der Waals surface area contributed by atoms with Crippen LogP contribution >= 0.6 is 0 Å². The summed E-state index contributed by atoms with van der Waals surface area (Å²) < 4.78 is 15.0. The Morgan fingerprint density at radius 3 is 2.89 bits per heavy atom. The highest BCUT2D eigenvalue weighted by Gasteiger charge is 2.27. The molecule has 4 rings (SSSR count). The van der Waals surface area contributed by atoms with Crippen molar-refractivity contribution in [2.24, 2.45) is 11.7 Å². The minimum Gasteiger partial charge on any atom is -0.364 e. The molecule has 1 aliphatic heterocycles. The smallest absolute Gasteiger partial charge is 0.269 e. The number of fused-ring (bicyclic) bond motifs is 1. The second kappa shape index (κ2) is 6.78. The monoisotopic (exact) mass is 377 g/mol. The van der Waals surface area contributed by atoms with Crippen molar-refractivity contribution >= 4 is 22.8 Å². The summed E-state index contributed by atoms with van der Waals surface area (Å²) in [6, 6.07) is 8.30. The lowest BCUT2D eigenvalue weighted by molar-refractivity contribution is -0.128. The maximum Gasteiger partial charge on any atom is 0.269 e. The number of primary amides is 1. The molecular formula is C20H16FN5O2. The Labute approximate surface area is 159 Å². The predicted molar refractivity (Wildman–Crippen MR) is 100.0 cm³/mol. The molecule has 1 fully saturated rings. The summed E-state index contributed by atoms with van der Waals surface area (Å²) in [4.78, 5) is 29.4. The van der Waals surface area contributed by atoms with Crippen molar-refractivity contribution < 1.29 is 14.0 Å². The van der Waals surface area contributed by atoms with Crippen molar-refractivity contribution in [3.63, 3.8) is 0 Å². The largest absolute Gasteiger partial charge is 0.364 e. The molecule has 8 heteroatoms. The van der Waals surface area contributed by atoms with Crippen molar-refractivity contribution in [2.45, 2.75) is 6.42 Å².